The quantitative estimate of drug-likeness (QED) is 0.717. The molecule has 0 unspecified atom stereocenters. The molecule has 92 valence electrons. The highest BCUT2D eigenvalue weighted by atomic mass is 79.9. The molecule has 0 aliphatic rings. The van der Waals surface area contributed by atoms with Gasteiger partial charge in [0.25, 0.3) is 0 Å². The number of halogens is 2. The minimum Gasteiger partial charge on any atom is -0.207 e. The minimum atomic E-state index is -0.186. The van der Waals surface area contributed by atoms with Gasteiger partial charge in [-0.2, -0.15) is 0 Å². The Morgan fingerprint density at radius 2 is 1.67 bits per heavy atom. The molecule has 0 amide bonds. The van der Waals surface area contributed by atoms with Crippen LogP contribution in [0.4, 0.5) is 4.39 Å². The SMILES string of the molecule is Fc1ccc(CS/C=C\c2ccc(Br)cc2)cc1. The third kappa shape index (κ3) is 4.31. The molecule has 0 N–H and O–H groups in total. The first-order chi connectivity index (χ1) is 8.74. The molecule has 0 fully saturated rings. The van der Waals surface area contributed by atoms with E-state index in [4.69, 9.17) is 0 Å². The Hall–Kier alpha value is -1.06. The summed E-state index contributed by atoms with van der Waals surface area (Å²) in [6, 6.07) is 14.8. The molecule has 3 heteroatoms. The second-order valence-electron chi connectivity index (χ2n) is 3.79. The highest BCUT2D eigenvalue weighted by Gasteiger charge is 1.93. The molecule has 2 aromatic rings. The van der Waals surface area contributed by atoms with Crippen molar-refractivity contribution in [3.8, 4) is 0 Å². The van der Waals surface area contributed by atoms with Crippen LogP contribution in [0.2, 0.25) is 0 Å². The van der Waals surface area contributed by atoms with E-state index in [1.807, 2.05) is 24.3 Å². The van der Waals surface area contributed by atoms with Crippen molar-refractivity contribution in [1.82, 2.24) is 0 Å². The lowest BCUT2D eigenvalue weighted by Crippen LogP contribution is -1.79. The highest BCUT2D eigenvalue weighted by molar-refractivity contribution is 9.10. The van der Waals surface area contributed by atoms with Crippen LogP contribution in [0.25, 0.3) is 6.08 Å². The van der Waals surface area contributed by atoms with E-state index in [0.29, 0.717) is 0 Å². The Bertz CT molecular complexity index is 517. The predicted octanol–water partition coefficient (Wildman–Crippen LogP) is 5.49. The summed E-state index contributed by atoms with van der Waals surface area (Å²) in [5.74, 6) is 0.669. The molecule has 0 aliphatic carbocycles. The van der Waals surface area contributed by atoms with Gasteiger partial charge in [-0.25, -0.2) is 4.39 Å². The number of hydrogen-bond acceptors (Lipinski definition) is 1. The molecule has 0 spiro atoms. The van der Waals surface area contributed by atoms with Crippen LogP contribution in [-0.4, -0.2) is 0 Å². The summed E-state index contributed by atoms with van der Waals surface area (Å²) in [5, 5.41) is 2.06. The van der Waals surface area contributed by atoms with E-state index in [-0.39, 0.29) is 5.82 Å². The summed E-state index contributed by atoms with van der Waals surface area (Å²) in [7, 11) is 0. The third-order valence-electron chi connectivity index (χ3n) is 2.39. The third-order valence-corrected chi connectivity index (χ3v) is 3.75. The Labute approximate surface area is 119 Å². The van der Waals surface area contributed by atoms with Crippen LogP contribution >= 0.6 is 27.7 Å². The molecule has 0 bridgehead atoms. The first-order valence-corrected chi connectivity index (χ1v) is 7.36. The van der Waals surface area contributed by atoms with Crippen LogP contribution in [0.1, 0.15) is 11.1 Å². The van der Waals surface area contributed by atoms with Crippen LogP contribution in [0.5, 0.6) is 0 Å². The van der Waals surface area contributed by atoms with Crippen LogP contribution < -0.4 is 0 Å². The van der Waals surface area contributed by atoms with E-state index in [1.165, 1.54) is 17.7 Å². The second kappa shape index (κ2) is 6.76. The summed E-state index contributed by atoms with van der Waals surface area (Å²) in [4.78, 5) is 0. The van der Waals surface area contributed by atoms with Gasteiger partial charge in [0.1, 0.15) is 5.82 Å². The zero-order valence-corrected chi connectivity index (χ0v) is 12.0. The van der Waals surface area contributed by atoms with E-state index in [9.17, 15) is 4.39 Å². The molecule has 0 radical (unpaired) electrons. The number of benzene rings is 2. The molecular formula is C15H12BrFS. The van der Waals surface area contributed by atoms with Gasteiger partial charge in [0.15, 0.2) is 0 Å². The van der Waals surface area contributed by atoms with Gasteiger partial charge in [0, 0.05) is 10.2 Å². The average molecular weight is 323 g/mol. The lowest BCUT2D eigenvalue weighted by molar-refractivity contribution is 0.627. The Morgan fingerprint density at radius 3 is 2.33 bits per heavy atom. The van der Waals surface area contributed by atoms with Gasteiger partial charge in [-0.3, -0.25) is 0 Å². The maximum atomic E-state index is 12.7. The van der Waals surface area contributed by atoms with Crippen LogP contribution in [0.15, 0.2) is 58.4 Å². The van der Waals surface area contributed by atoms with Gasteiger partial charge in [0.05, 0.1) is 0 Å². The summed E-state index contributed by atoms with van der Waals surface area (Å²) in [6.45, 7) is 0. The maximum absolute atomic E-state index is 12.7. The fourth-order valence-electron chi connectivity index (χ4n) is 1.43. The van der Waals surface area contributed by atoms with Crippen LogP contribution in [-0.2, 0) is 5.75 Å². The molecule has 2 aromatic carbocycles. The van der Waals surface area contributed by atoms with Gasteiger partial charge in [0.2, 0.25) is 0 Å². The summed E-state index contributed by atoms with van der Waals surface area (Å²) in [5.41, 5.74) is 2.30. The smallest absolute Gasteiger partial charge is 0.123 e. The number of hydrogen-bond donors (Lipinski definition) is 0. The standard InChI is InChI=1S/C15H12BrFS/c16-14-5-1-12(2-6-14)9-10-18-11-13-3-7-15(17)8-4-13/h1-10H,11H2/b10-9-. The van der Waals surface area contributed by atoms with Gasteiger partial charge >= 0.3 is 0 Å². The summed E-state index contributed by atoms with van der Waals surface area (Å²) < 4.78 is 13.8. The van der Waals surface area contributed by atoms with E-state index in [0.717, 1.165) is 15.8 Å². The lowest BCUT2D eigenvalue weighted by Gasteiger charge is -1.98. The zero-order valence-electron chi connectivity index (χ0n) is 9.64. The maximum Gasteiger partial charge on any atom is 0.123 e. The number of thioether (sulfide) groups is 1. The van der Waals surface area contributed by atoms with Crippen molar-refractivity contribution in [2.45, 2.75) is 5.75 Å². The van der Waals surface area contributed by atoms with Crippen LogP contribution in [0.3, 0.4) is 0 Å². The summed E-state index contributed by atoms with van der Waals surface area (Å²) in [6.07, 6.45) is 2.07. The topological polar surface area (TPSA) is 0 Å². The Morgan fingerprint density at radius 1 is 1.00 bits per heavy atom. The number of rotatable bonds is 4. The molecule has 0 saturated heterocycles. The molecule has 2 rings (SSSR count). The molecule has 0 atom stereocenters. The van der Waals surface area contributed by atoms with Gasteiger partial charge < -0.3 is 0 Å². The monoisotopic (exact) mass is 322 g/mol. The average Bonchev–Trinajstić information content (AvgIpc) is 2.39. The van der Waals surface area contributed by atoms with Crippen molar-refractivity contribution in [2.75, 3.05) is 0 Å². The molecule has 0 aliphatic heterocycles. The lowest BCUT2D eigenvalue weighted by atomic mass is 10.2. The fraction of sp³-hybridized carbons (Fsp3) is 0.0667. The van der Waals surface area contributed by atoms with Crippen molar-refractivity contribution in [3.63, 3.8) is 0 Å². The van der Waals surface area contributed by atoms with Crippen molar-refractivity contribution < 1.29 is 4.39 Å². The molecule has 0 nitrogen and oxygen atoms in total. The Balaban J connectivity index is 1.84. The highest BCUT2D eigenvalue weighted by Crippen LogP contribution is 2.17. The van der Waals surface area contributed by atoms with E-state index in [2.05, 4.69) is 39.5 Å². The molecule has 0 saturated carbocycles. The first-order valence-electron chi connectivity index (χ1n) is 5.52. The molecular weight excluding hydrogens is 311 g/mol. The first kappa shape index (κ1) is 13.4. The molecule has 0 aromatic heterocycles. The molecule has 0 heterocycles. The second-order valence-corrected chi connectivity index (χ2v) is 5.60. The predicted molar refractivity (Wildman–Crippen MR) is 80.9 cm³/mol. The van der Waals surface area contributed by atoms with Gasteiger partial charge in [-0.05, 0) is 46.9 Å². The summed E-state index contributed by atoms with van der Waals surface area (Å²) >= 11 is 5.10. The largest absolute Gasteiger partial charge is 0.207 e. The van der Waals surface area contributed by atoms with Crippen molar-refractivity contribution in [2.24, 2.45) is 0 Å². The minimum absolute atomic E-state index is 0.186. The van der Waals surface area contributed by atoms with Gasteiger partial charge in [-0.15, -0.1) is 11.8 Å². The van der Waals surface area contributed by atoms with E-state index < -0.39 is 0 Å². The van der Waals surface area contributed by atoms with Crippen molar-refractivity contribution >= 4 is 33.8 Å². The normalized spacial score (nSPS) is 11.0. The zero-order chi connectivity index (χ0) is 12.8. The van der Waals surface area contributed by atoms with Crippen LogP contribution in [0, 0.1) is 5.82 Å². The Kier molecular flexibility index (Phi) is 5.02. The van der Waals surface area contributed by atoms with Crippen molar-refractivity contribution in [1.29, 1.82) is 0 Å². The van der Waals surface area contributed by atoms with Gasteiger partial charge in [-0.1, -0.05) is 40.2 Å². The fourth-order valence-corrected chi connectivity index (χ4v) is 2.42. The van der Waals surface area contributed by atoms with Crippen molar-refractivity contribution in [3.05, 3.63) is 75.4 Å². The van der Waals surface area contributed by atoms with E-state index in [1.54, 1.807) is 11.8 Å². The van der Waals surface area contributed by atoms with E-state index >= 15 is 0 Å². The molecule has 18 heavy (non-hydrogen) atoms.